The van der Waals surface area contributed by atoms with Gasteiger partial charge in [0.2, 0.25) is 0 Å². The molecule has 0 aromatic carbocycles. The van der Waals surface area contributed by atoms with Crippen LogP contribution in [-0.2, 0) is 0 Å². The average Bonchev–Trinajstić information content (AvgIpc) is 2.89. The van der Waals surface area contributed by atoms with Gasteiger partial charge in [-0.15, -0.1) is 0 Å². The van der Waals surface area contributed by atoms with Crippen LogP contribution in [-0.4, -0.2) is 23.4 Å². The summed E-state index contributed by atoms with van der Waals surface area (Å²) in [5, 5.41) is 15.2. The van der Waals surface area contributed by atoms with Crippen molar-refractivity contribution in [2.45, 2.75) is 12.8 Å². The molecular formula is C12H16O2. The summed E-state index contributed by atoms with van der Waals surface area (Å²) in [6.07, 6.45) is 15.4. The second-order valence-electron chi connectivity index (χ2n) is 3.10. The molecule has 0 radical (unpaired) electrons. The molecule has 0 aromatic rings. The van der Waals surface area contributed by atoms with Gasteiger partial charge in [-0.25, -0.2) is 0 Å². The van der Waals surface area contributed by atoms with E-state index in [0.717, 1.165) is 12.8 Å². The highest BCUT2D eigenvalue weighted by Crippen LogP contribution is 2.25. The fourth-order valence-corrected chi connectivity index (χ4v) is 1.37. The Morgan fingerprint density at radius 3 is 1.50 bits per heavy atom. The monoisotopic (exact) mass is 192 g/mol. The Labute approximate surface area is 84.6 Å². The summed E-state index contributed by atoms with van der Waals surface area (Å²) < 4.78 is 0. The summed E-state index contributed by atoms with van der Waals surface area (Å²) in [5.41, 5.74) is 2.98. The van der Waals surface area contributed by atoms with Crippen molar-refractivity contribution < 1.29 is 10.2 Å². The third-order valence-electron chi connectivity index (χ3n) is 2.05. The van der Waals surface area contributed by atoms with Gasteiger partial charge in [0, 0.05) is 0 Å². The molecule has 0 aromatic heterocycles. The third-order valence-corrected chi connectivity index (χ3v) is 2.05. The van der Waals surface area contributed by atoms with Gasteiger partial charge in [-0.1, -0.05) is 36.5 Å². The van der Waals surface area contributed by atoms with Gasteiger partial charge in [0.1, 0.15) is 0 Å². The second-order valence-corrected chi connectivity index (χ2v) is 3.10. The SMILES string of the molecule is C1=CCC(C2=CC=CC2)=C1.OCCO. The van der Waals surface area contributed by atoms with Crippen molar-refractivity contribution in [3.8, 4) is 0 Å². The molecule has 0 heterocycles. The topological polar surface area (TPSA) is 40.5 Å². The molecule has 2 aliphatic rings. The first kappa shape index (κ1) is 11.0. The van der Waals surface area contributed by atoms with Crippen LogP contribution in [0.15, 0.2) is 47.6 Å². The predicted molar refractivity (Wildman–Crippen MR) is 57.9 cm³/mol. The molecule has 2 nitrogen and oxygen atoms in total. The molecule has 0 bridgehead atoms. The van der Waals surface area contributed by atoms with Crippen LogP contribution in [0.3, 0.4) is 0 Å². The summed E-state index contributed by atoms with van der Waals surface area (Å²) in [7, 11) is 0. The van der Waals surface area contributed by atoms with Crippen LogP contribution >= 0.6 is 0 Å². The predicted octanol–water partition coefficient (Wildman–Crippen LogP) is 1.73. The fraction of sp³-hybridized carbons (Fsp3) is 0.333. The van der Waals surface area contributed by atoms with Crippen LogP contribution in [0.1, 0.15) is 12.8 Å². The lowest BCUT2D eigenvalue weighted by atomic mass is 10.1. The third kappa shape index (κ3) is 3.32. The van der Waals surface area contributed by atoms with Crippen LogP contribution in [0.25, 0.3) is 0 Å². The molecule has 76 valence electrons. The quantitative estimate of drug-likeness (QED) is 0.699. The Morgan fingerprint density at radius 1 is 0.857 bits per heavy atom. The van der Waals surface area contributed by atoms with Crippen molar-refractivity contribution in [2.75, 3.05) is 13.2 Å². The lowest BCUT2D eigenvalue weighted by Gasteiger charge is -1.99. The van der Waals surface area contributed by atoms with Gasteiger partial charge in [0.25, 0.3) is 0 Å². The van der Waals surface area contributed by atoms with Crippen molar-refractivity contribution in [1.82, 2.24) is 0 Å². The number of rotatable bonds is 2. The standard InChI is InChI=1S/C10H10.C2H6O2/c1-2-6-9(5-1)10-7-3-4-8-10;3-1-2-4/h1-5,7H,6,8H2;3-4H,1-2H2. The molecule has 0 amide bonds. The maximum Gasteiger partial charge on any atom is 0.0662 e. The molecule has 0 atom stereocenters. The van der Waals surface area contributed by atoms with Crippen molar-refractivity contribution in [2.24, 2.45) is 0 Å². The highest BCUT2D eigenvalue weighted by Gasteiger charge is 2.05. The molecule has 0 unspecified atom stereocenters. The number of hydrogen-bond acceptors (Lipinski definition) is 2. The maximum atomic E-state index is 7.62. The fourth-order valence-electron chi connectivity index (χ4n) is 1.37. The van der Waals surface area contributed by atoms with E-state index >= 15 is 0 Å². The number of hydrogen-bond donors (Lipinski definition) is 2. The summed E-state index contributed by atoms with van der Waals surface area (Å²) in [5.74, 6) is 0. The maximum absolute atomic E-state index is 7.62. The average molecular weight is 192 g/mol. The minimum atomic E-state index is -0.125. The molecule has 2 rings (SSSR count). The molecule has 0 fully saturated rings. The molecule has 2 aliphatic carbocycles. The van der Waals surface area contributed by atoms with E-state index in [-0.39, 0.29) is 13.2 Å². The molecule has 14 heavy (non-hydrogen) atoms. The lowest BCUT2D eigenvalue weighted by molar-refractivity contribution is 0.186. The zero-order chi connectivity index (χ0) is 10.2. The van der Waals surface area contributed by atoms with Gasteiger partial charge in [-0.05, 0) is 24.0 Å². The normalized spacial score (nSPS) is 17.6. The van der Waals surface area contributed by atoms with Crippen molar-refractivity contribution in [1.29, 1.82) is 0 Å². The summed E-state index contributed by atoms with van der Waals surface area (Å²) in [4.78, 5) is 0. The first-order valence-electron chi connectivity index (χ1n) is 4.82. The highest BCUT2D eigenvalue weighted by molar-refractivity contribution is 5.44. The van der Waals surface area contributed by atoms with Gasteiger partial charge in [-0.2, -0.15) is 0 Å². The van der Waals surface area contributed by atoms with E-state index in [2.05, 4.69) is 36.5 Å². The van der Waals surface area contributed by atoms with E-state index in [1.165, 1.54) is 11.1 Å². The van der Waals surface area contributed by atoms with Crippen LogP contribution < -0.4 is 0 Å². The van der Waals surface area contributed by atoms with Gasteiger partial charge in [0.15, 0.2) is 0 Å². The van der Waals surface area contributed by atoms with E-state index in [1.54, 1.807) is 0 Å². The minimum absolute atomic E-state index is 0.125. The van der Waals surface area contributed by atoms with Gasteiger partial charge >= 0.3 is 0 Å². The summed E-state index contributed by atoms with van der Waals surface area (Å²) in [6, 6.07) is 0. The first-order valence-corrected chi connectivity index (χ1v) is 4.82. The van der Waals surface area contributed by atoms with Gasteiger partial charge in [0.05, 0.1) is 13.2 Å². The zero-order valence-corrected chi connectivity index (χ0v) is 8.19. The van der Waals surface area contributed by atoms with E-state index < -0.39 is 0 Å². The molecule has 2 N–H and O–H groups in total. The molecule has 0 aliphatic heterocycles. The molecule has 2 heteroatoms. The van der Waals surface area contributed by atoms with Crippen LogP contribution in [0.4, 0.5) is 0 Å². The van der Waals surface area contributed by atoms with E-state index in [0.29, 0.717) is 0 Å². The van der Waals surface area contributed by atoms with E-state index in [4.69, 9.17) is 10.2 Å². The van der Waals surface area contributed by atoms with Crippen molar-refractivity contribution in [3.63, 3.8) is 0 Å². The zero-order valence-electron chi connectivity index (χ0n) is 8.19. The Bertz CT molecular complexity index is 253. The van der Waals surface area contributed by atoms with E-state index in [1.807, 2.05) is 0 Å². The van der Waals surface area contributed by atoms with Crippen LogP contribution in [0.5, 0.6) is 0 Å². The van der Waals surface area contributed by atoms with Crippen LogP contribution in [0.2, 0.25) is 0 Å². The lowest BCUT2D eigenvalue weighted by Crippen LogP contribution is -1.85. The smallest absolute Gasteiger partial charge is 0.0662 e. The van der Waals surface area contributed by atoms with Gasteiger partial charge < -0.3 is 10.2 Å². The van der Waals surface area contributed by atoms with Crippen molar-refractivity contribution in [3.05, 3.63) is 47.6 Å². The molecule has 0 spiro atoms. The Hall–Kier alpha value is -1.12. The number of aliphatic hydroxyl groups excluding tert-OH is 2. The van der Waals surface area contributed by atoms with Gasteiger partial charge in [-0.3, -0.25) is 0 Å². The number of allylic oxidation sites excluding steroid dienone is 8. The molecule has 0 saturated carbocycles. The molecule has 0 saturated heterocycles. The van der Waals surface area contributed by atoms with E-state index in [9.17, 15) is 0 Å². The Balaban J connectivity index is 0.000000213. The molecular weight excluding hydrogens is 176 g/mol. The number of aliphatic hydroxyl groups is 2. The first-order chi connectivity index (χ1) is 6.88. The summed E-state index contributed by atoms with van der Waals surface area (Å²) in [6.45, 7) is -0.250. The Morgan fingerprint density at radius 2 is 1.29 bits per heavy atom. The van der Waals surface area contributed by atoms with Crippen LogP contribution in [0, 0.1) is 0 Å². The summed E-state index contributed by atoms with van der Waals surface area (Å²) >= 11 is 0. The second kappa shape index (κ2) is 6.35. The highest BCUT2D eigenvalue weighted by atomic mass is 16.3. The van der Waals surface area contributed by atoms with Crippen molar-refractivity contribution >= 4 is 0 Å². The largest absolute Gasteiger partial charge is 0.394 e. The minimum Gasteiger partial charge on any atom is -0.394 e. The Kier molecular flexibility index (Phi) is 4.97.